The molecule has 2 aromatic rings. The van der Waals surface area contributed by atoms with Gasteiger partial charge >= 0.3 is 0 Å². The van der Waals surface area contributed by atoms with Crippen molar-refractivity contribution in [3.05, 3.63) is 53.6 Å². The van der Waals surface area contributed by atoms with Crippen molar-refractivity contribution in [2.45, 2.75) is 33.2 Å². The Bertz CT molecular complexity index is 733. The third-order valence-electron chi connectivity index (χ3n) is 3.79. The lowest BCUT2D eigenvalue weighted by atomic mass is 10.0. The van der Waals surface area contributed by atoms with Crippen LogP contribution in [-0.2, 0) is 6.54 Å². The molecule has 0 radical (unpaired) electrons. The Morgan fingerprint density at radius 3 is 2.58 bits per heavy atom. The smallest absolute Gasteiger partial charge is 0.193 e. The van der Waals surface area contributed by atoms with Crippen LogP contribution in [0.4, 0.5) is 5.69 Å². The average Bonchev–Trinajstić information content (AvgIpc) is 2.61. The Morgan fingerprint density at radius 1 is 1.15 bits per heavy atom. The van der Waals surface area contributed by atoms with E-state index >= 15 is 0 Å². The van der Waals surface area contributed by atoms with Crippen molar-refractivity contribution in [1.29, 1.82) is 0 Å². The Kier molecular flexibility index (Phi) is 9.26. The van der Waals surface area contributed by atoms with Crippen LogP contribution in [0.15, 0.2) is 47.5 Å². The normalized spacial score (nSPS) is 11.0. The zero-order chi connectivity index (χ0) is 18.2. The number of hydrogen-bond donors (Lipinski definition) is 2. The van der Waals surface area contributed by atoms with E-state index in [1.807, 2.05) is 37.3 Å². The molecule has 142 valence electrons. The van der Waals surface area contributed by atoms with E-state index < -0.39 is 0 Å². The van der Waals surface area contributed by atoms with Gasteiger partial charge in [-0.2, -0.15) is 0 Å². The molecule has 0 aliphatic rings. The van der Waals surface area contributed by atoms with Crippen molar-refractivity contribution in [3.63, 3.8) is 0 Å². The molecule has 0 heterocycles. The summed E-state index contributed by atoms with van der Waals surface area (Å²) in [6.07, 6.45) is 0. The standard InChI is InChI=1S/C20H27N3O2.HI/c1-5-25-18-10-9-15(11-19(18)24-4)13-22-20(21)23-17-8-6-7-16(12-17)14(2)3;/h6-12,14H,5,13H2,1-4H3,(H3,21,22,23);1H. The fourth-order valence-electron chi connectivity index (χ4n) is 2.42. The molecule has 0 saturated heterocycles. The highest BCUT2D eigenvalue weighted by Gasteiger charge is 2.05. The molecule has 5 nitrogen and oxygen atoms in total. The highest BCUT2D eigenvalue weighted by atomic mass is 127. The van der Waals surface area contributed by atoms with Crippen LogP contribution in [0.25, 0.3) is 0 Å². The quantitative estimate of drug-likeness (QED) is 0.349. The summed E-state index contributed by atoms with van der Waals surface area (Å²) in [5.74, 6) is 2.28. The summed E-state index contributed by atoms with van der Waals surface area (Å²) < 4.78 is 10.9. The molecule has 0 aromatic heterocycles. The topological polar surface area (TPSA) is 68.9 Å². The van der Waals surface area contributed by atoms with Crippen LogP contribution in [0.2, 0.25) is 0 Å². The van der Waals surface area contributed by atoms with Crippen LogP contribution >= 0.6 is 24.0 Å². The second-order valence-electron chi connectivity index (χ2n) is 6.02. The Labute approximate surface area is 173 Å². The lowest BCUT2D eigenvalue weighted by molar-refractivity contribution is 0.310. The Morgan fingerprint density at radius 2 is 1.92 bits per heavy atom. The van der Waals surface area contributed by atoms with E-state index in [1.54, 1.807) is 7.11 Å². The molecule has 0 saturated carbocycles. The second-order valence-corrected chi connectivity index (χ2v) is 6.02. The number of methoxy groups -OCH3 is 1. The first-order valence-electron chi connectivity index (χ1n) is 8.50. The SMILES string of the molecule is CCOc1ccc(CN=C(N)Nc2cccc(C(C)C)c2)cc1OC.I. The van der Waals surface area contributed by atoms with Crippen LogP contribution in [0.1, 0.15) is 37.8 Å². The summed E-state index contributed by atoms with van der Waals surface area (Å²) in [5.41, 5.74) is 9.21. The summed E-state index contributed by atoms with van der Waals surface area (Å²) in [6.45, 7) is 7.33. The van der Waals surface area contributed by atoms with Gasteiger partial charge in [-0.3, -0.25) is 0 Å². The number of anilines is 1. The number of nitrogens with zero attached hydrogens (tertiary/aromatic N) is 1. The summed E-state index contributed by atoms with van der Waals surface area (Å²) in [7, 11) is 1.63. The highest BCUT2D eigenvalue weighted by molar-refractivity contribution is 14.0. The van der Waals surface area contributed by atoms with Crippen molar-refractivity contribution in [2.24, 2.45) is 10.7 Å². The van der Waals surface area contributed by atoms with Gasteiger partial charge in [-0.25, -0.2) is 4.99 Å². The van der Waals surface area contributed by atoms with Crippen molar-refractivity contribution < 1.29 is 9.47 Å². The van der Waals surface area contributed by atoms with Gasteiger partial charge in [-0.1, -0.05) is 32.0 Å². The van der Waals surface area contributed by atoms with Crippen molar-refractivity contribution in [2.75, 3.05) is 19.0 Å². The zero-order valence-electron chi connectivity index (χ0n) is 15.8. The number of halogens is 1. The summed E-state index contributed by atoms with van der Waals surface area (Å²) in [4.78, 5) is 4.40. The zero-order valence-corrected chi connectivity index (χ0v) is 18.1. The van der Waals surface area contributed by atoms with Gasteiger partial charge in [0.2, 0.25) is 0 Å². The molecule has 0 amide bonds. The number of benzene rings is 2. The number of rotatable bonds is 7. The Hall–Kier alpha value is -1.96. The molecule has 2 rings (SSSR count). The summed E-state index contributed by atoms with van der Waals surface area (Å²) in [6, 6.07) is 14.0. The Balaban J connectivity index is 0.00000338. The summed E-state index contributed by atoms with van der Waals surface area (Å²) in [5, 5.41) is 3.14. The van der Waals surface area contributed by atoms with Crippen LogP contribution in [0, 0.1) is 0 Å². The highest BCUT2D eigenvalue weighted by Crippen LogP contribution is 2.28. The maximum absolute atomic E-state index is 6.01. The fourth-order valence-corrected chi connectivity index (χ4v) is 2.42. The number of nitrogens with one attached hydrogen (secondary N) is 1. The third-order valence-corrected chi connectivity index (χ3v) is 3.79. The van der Waals surface area contributed by atoms with Crippen molar-refractivity contribution >= 4 is 35.6 Å². The number of hydrogen-bond acceptors (Lipinski definition) is 3. The lowest BCUT2D eigenvalue weighted by Gasteiger charge is -2.11. The minimum absolute atomic E-state index is 0. The first-order chi connectivity index (χ1) is 12.0. The molecule has 0 atom stereocenters. The first-order valence-corrected chi connectivity index (χ1v) is 8.50. The van der Waals surface area contributed by atoms with Crippen LogP contribution in [0.5, 0.6) is 11.5 Å². The number of guanidine groups is 1. The molecule has 0 unspecified atom stereocenters. The van der Waals surface area contributed by atoms with Crippen molar-refractivity contribution in [3.8, 4) is 11.5 Å². The second kappa shape index (κ2) is 10.9. The predicted molar refractivity (Wildman–Crippen MR) is 119 cm³/mol. The van der Waals surface area contributed by atoms with Gasteiger partial charge in [0.05, 0.1) is 20.3 Å². The van der Waals surface area contributed by atoms with Crippen molar-refractivity contribution in [1.82, 2.24) is 0 Å². The predicted octanol–water partition coefficient (Wildman–Crippen LogP) is 4.76. The monoisotopic (exact) mass is 469 g/mol. The van der Waals surface area contributed by atoms with Gasteiger partial charge in [-0.05, 0) is 48.2 Å². The van der Waals surface area contributed by atoms with E-state index in [0.29, 0.717) is 30.8 Å². The lowest BCUT2D eigenvalue weighted by Crippen LogP contribution is -2.22. The van der Waals surface area contributed by atoms with Crippen LogP contribution < -0.4 is 20.5 Å². The van der Waals surface area contributed by atoms with Gasteiger partial charge in [0, 0.05) is 5.69 Å². The van der Waals surface area contributed by atoms with Crippen LogP contribution in [-0.4, -0.2) is 19.7 Å². The summed E-state index contributed by atoms with van der Waals surface area (Å²) >= 11 is 0. The molecule has 6 heteroatoms. The maximum atomic E-state index is 6.01. The number of ether oxygens (including phenoxy) is 2. The van der Waals surface area contributed by atoms with Gasteiger partial charge in [0.1, 0.15) is 0 Å². The molecule has 0 aliphatic heterocycles. The average molecular weight is 469 g/mol. The number of nitrogens with two attached hydrogens (primary N) is 1. The van der Waals surface area contributed by atoms with Gasteiger partial charge < -0.3 is 20.5 Å². The largest absolute Gasteiger partial charge is 0.493 e. The van der Waals surface area contributed by atoms with Gasteiger partial charge in [0.15, 0.2) is 17.5 Å². The first kappa shape index (κ1) is 22.1. The van der Waals surface area contributed by atoms with E-state index in [2.05, 4.69) is 36.3 Å². The fraction of sp³-hybridized carbons (Fsp3) is 0.350. The molecule has 0 spiro atoms. The van der Waals surface area contributed by atoms with Gasteiger partial charge in [0.25, 0.3) is 0 Å². The molecule has 3 N–H and O–H groups in total. The molecule has 26 heavy (non-hydrogen) atoms. The molecular formula is C20H28IN3O2. The molecule has 0 bridgehead atoms. The minimum Gasteiger partial charge on any atom is -0.493 e. The molecular weight excluding hydrogens is 441 g/mol. The number of aliphatic imine (C=N–C) groups is 1. The van der Waals surface area contributed by atoms with E-state index in [4.69, 9.17) is 15.2 Å². The van der Waals surface area contributed by atoms with Crippen LogP contribution in [0.3, 0.4) is 0 Å². The molecule has 2 aromatic carbocycles. The van der Waals surface area contributed by atoms with Gasteiger partial charge in [-0.15, -0.1) is 24.0 Å². The minimum atomic E-state index is 0. The maximum Gasteiger partial charge on any atom is 0.193 e. The van der Waals surface area contributed by atoms with E-state index in [1.165, 1.54) is 5.56 Å². The third kappa shape index (κ3) is 6.40. The molecule has 0 fully saturated rings. The molecule has 0 aliphatic carbocycles. The van der Waals surface area contributed by atoms with E-state index in [9.17, 15) is 0 Å². The van der Waals surface area contributed by atoms with E-state index in [-0.39, 0.29) is 24.0 Å². The van der Waals surface area contributed by atoms with E-state index in [0.717, 1.165) is 17.0 Å².